The number of rotatable bonds is 5. The first-order valence-electron chi connectivity index (χ1n) is 6.68. The Labute approximate surface area is 120 Å². The van der Waals surface area contributed by atoms with Crippen molar-refractivity contribution in [1.82, 2.24) is 5.32 Å². The van der Waals surface area contributed by atoms with Crippen LogP contribution < -0.4 is 5.32 Å². The van der Waals surface area contributed by atoms with E-state index in [4.69, 9.17) is 11.6 Å². The fourth-order valence-electron chi connectivity index (χ4n) is 2.71. The van der Waals surface area contributed by atoms with Crippen LogP contribution in [0.25, 0.3) is 0 Å². The van der Waals surface area contributed by atoms with Gasteiger partial charge in [-0.2, -0.15) is 0 Å². The molecule has 0 aliphatic carbocycles. The maximum Gasteiger partial charge on any atom is 0.150 e. The van der Waals surface area contributed by atoms with Crippen LogP contribution in [0.15, 0.2) is 24.3 Å². The average molecular weight is 302 g/mol. The summed E-state index contributed by atoms with van der Waals surface area (Å²) >= 11 is 5.91. The molecule has 0 saturated carbocycles. The maximum atomic E-state index is 11.7. The van der Waals surface area contributed by atoms with Gasteiger partial charge in [-0.05, 0) is 36.6 Å². The smallest absolute Gasteiger partial charge is 0.150 e. The summed E-state index contributed by atoms with van der Waals surface area (Å²) in [6, 6.07) is 7.77. The molecular weight excluding hydrogens is 282 g/mol. The molecule has 106 valence electrons. The molecule has 0 spiro atoms. The first-order chi connectivity index (χ1) is 9.02. The Morgan fingerprint density at radius 1 is 1.37 bits per heavy atom. The van der Waals surface area contributed by atoms with E-state index in [-0.39, 0.29) is 11.8 Å². The Balaban J connectivity index is 2.18. The van der Waals surface area contributed by atoms with Crippen molar-refractivity contribution < 1.29 is 8.42 Å². The van der Waals surface area contributed by atoms with Gasteiger partial charge in [-0.25, -0.2) is 8.42 Å². The minimum atomic E-state index is -2.84. The second-order valence-electron chi connectivity index (χ2n) is 5.13. The second kappa shape index (κ2) is 6.25. The predicted octanol–water partition coefficient (Wildman–Crippen LogP) is 2.47. The van der Waals surface area contributed by atoms with E-state index in [0.717, 1.165) is 19.5 Å². The van der Waals surface area contributed by atoms with Crippen LogP contribution in [0.5, 0.6) is 0 Å². The zero-order valence-electron chi connectivity index (χ0n) is 11.1. The fourth-order valence-corrected chi connectivity index (χ4v) is 4.71. The fraction of sp³-hybridized carbons (Fsp3) is 0.571. The quantitative estimate of drug-likeness (QED) is 0.909. The largest absolute Gasteiger partial charge is 0.316 e. The maximum absolute atomic E-state index is 11.7. The van der Waals surface area contributed by atoms with Crippen molar-refractivity contribution in [1.29, 1.82) is 0 Å². The first kappa shape index (κ1) is 14.8. The summed E-state index contributed by atoms with van der Waals surface area (Å²) in [5.74, 6) is 1.10. The molecule has 1 aromatic rings. The zero-order chi connectivity index (χ0) is 13.9. The van der Waals surface area contributed by atoms with E-state index in [0.29, 0.717) is 16.5 Å². The number of halogens is 1. The zero-order valence-corrected chi connectivity index (χ0v) is 12.7. The third-order valence-electron chi connectivity index (χ3n) is 3.75. The van der Waals surface area contributed by atoms with E-state index in [1.54, 1.807) is 0 Å². The molecule has 0 radical (unpaired) electrons. The minimum absolute atomic E-state index is 0.213. The van der Waals surface area contributed by atoms with E-state index in [1.807, 2.05) is 24.3 Å². The molecule has 0 bridgehead atoms. The highest BCUT2D eigenvalue weighted by Gasteiger charge is 2.34. The van der Waals surface area contributed by atoms with E-state index in [1.165, 1.54) is 5.56 Å². The summed E-state index contributed by atoms with van der Waals surface area (Å²) in [6.45, 7) is 3.77. The van der Waals surface area contributed by atoms with Crippen molar-refractivity contribution in [3.8, 4) is 0 Å². The molecule has 1 saturated heterocycles. The molecule has 3 nitrogen and oxygen atoms in total. The average Bonchev–Trinajstić information content (AvgIpc) is 2.72. The standard InChI is InChI=1S/C14H20ClNO2S/c1-2-16-9-14(11-3-5-13(15)6-4-11)12-7-8-19(17,18)10-12/h3-6,12,14,16H,2,7-10H2,1H3. The lowest BCUT2D eigenvalue weighted by Crippen LogP contribution is -2.27. The van der Waals surface area contributed by atoms with Crippen LogP contribution in [0.4, 0.5) is 0 Å². The van der Waals surface area contributed by atoms with Gasteiger partial charge in [0, 0.05) is 17.5 Å². The van der Waals surface area contributed by atoms with Gasteiger partial charge in [-0.1, -0.05) is 30.7 Å². The van der Waals surface area contributed by atoms with Crippen molar-refractivity contribution in [2.75, 3.05) is 24.6 Å². The van der Waals surface area contributed by atoms with E-state index >= 15 is 0 Å². The van der Waals surface area contributed by atoms with Crippen LogP contribution in [0.2, 0.25) is 5.02 Å². The van der Waals surface area contributed by atoms with Crippen molar-refractivity contribution in [2.45, 2.75) is 19.3 Å². The SMILES string of the molecule is CCNCC(c1ccc(Cl)cc1)C1CCS(=O)(=O)C1. The molecule has 1 aliphatic heterocycles. The van der Waals surface area contributed by atoms with Gasteiger partial charge in [0.1, 0.15) is 0 Å². The van der Waals surface area contributed by atoms with Gasteiger partial charge in [-0.15, -0.1) is 0 Å². The Bertz CT molecular complexity index is 513. The highest BCUT2D eigenvalue weighted by Crippen LogP contribution is 2.33. The van der Waals surface area contributed by atoms with E-state index in [2.05, 4.69) is 12.2 Å². The molecule has 2 rings (SSSR count). The molecular formula is C14H20ClNO2S. The molecule has 1 aliphatic rings. The predicted molar refractivity (Wildman–Crippen MR) is 79.5 cm³/mol. The van der Waals surface area contributed by atoms with Gasteiger partial charge in [0.25, 0.3) is 0 Å². The van der Waals surface area contributed by atoms with Crippen LogP contribution in [0.3, 0.4) is 0 Å². The van der Waals surface area contributed by atoms with Crippen LogP contribution in [0, 0.1) is 5.92 Å². The van der Waals surface area contributed by atoms with Gasteiger partial charge in [0.05, 0.1) is 11.5 Å². The van der Waals surface area contributed by atoms with E-state index in [9.17, 15) is 8.42 Å². The highest BCUT2D eigenvalue weighted by atomic mass is 35.5. The Morgan fingerprint density at radius 2 is 2.05 bits per heavy atom. The third-order valence-corrected chi connectivity index (χ3v) is 5.79. The minimum Gasteiger partial charge on any atom is -0.316 e. The number of sulfone groups is 1. The Kier molecular flexibility index (Phi) is 4.87. The molecule has 1 N–H and O–H groups in total. The summed E-state index contributed by atoms with van der Waals surface area (Å²) in [6.07, 6.45) is 0.765. The lowest BCUT2D eigenvalue weighted by atomic mass is 9.85. The first-order valence-corrected chi connectivity index (χ1v) is 8.88. The normalized spacial score (nSPS) is 23.4. The number of hydrogen-bond donors (Lipinski definition) is 1. The van der Waals surface area contributed by atoms with Gasteiger partial charge in [-0.3, -0.25) is 0 Å². The molecule has 1 aromatic carbocycles. The van der Waals surface area contributed by atoms with Crippen molar-refractivity contribution in [2.24, 2.45) is 5.92 Å². The molecule has 1 fully saturated rings. The van der Waals surface area contributed by atoms with Crippen molar-refractivity contribution in [3.05, 3.63) is 34.9 Å². The topological polar surface area (TPSA) is 46.2 Å². The van der Waals surface area contributed by atoms with Crippen molar-refractivity contribution in [3.63, 3.8) is 0 Å². The molecule has 1 heterocycles. The summed E-state index contributed by atoms with van der Waals surface area (Å²) < 4.78 is 23.3. The summed E-state index contributed by atoms with van der Waals surface area (Å²) in [5.41, 5.74) is 1.17. The van der Waals surface area contributed by atoms with Crippen LogP contribution in [-0.2, 0) is 9.84 Å². The summed E-state index contributed by atoms with van der Waals surface area (Å²) in [5, 5.41) is 4.05. The summed E-state index contributed by atoms with van der Waals surface area (Å²) in [4.78, 5) is 0. The lowest BCUT2D eigenvalue weighted by molar-refractivity contribution is 0.443. The monoisotopic (exact) mass is 301 g/mol. The second-order valence-corrected chi connectivity index (χ2v) is 7.79. The number of likely N-dealkylation sites (N-methyl/N-ethyl adjacent to an activating group) is 1. The molecule has 2 unspecified atom stereocenters. The molecule has 2 atom stereocenters. The number of hydrogen-bond acceptors (Lipinski definition) is 3. The van der Waals surface area contributed by atoms with Gasteiger partial charge in [0.15, 0.2) is 9.84 Å². The van der Waals surface area contributed by atoms with E-state index < -0.39 is 9.84 Å². The molecule has 19 heavy (non-hydrogen) atoms. The molecule has 0 aromatic heterocycles. The Morgan fingerprint density at radius 3 is 2.58 bits per heavy atom. The van der Waals surface area contributed by atoms with Crippen molar-refractivity contribution >= 4 is 21.4 Å². The lowest BCUT2D eigenvalue weighted by Gasteiger charge is -2.23. The van der Waals surface area contributed by atoms with Gasteiger partial charge >= 0.3 is 0 Å². The molecule has 0 amide bonds. The number of nitrogens with one attached hydrogen (secondary N) is 1. The highest BCUT2D eigenvalue weighted by molar-refractivity contribution is 7.91. The van der Waals surface area contributed by atoms with Crippen LogP contribution >= 0.6 is 11.6 Å². The van der Waals surface area contributed by atoms with Gasteiger partial charge < -0.3 is 5.32 Å². The number of benzene rings is 1. The third kappa shape index (κ3) is 3.94. The van der Waals surface area contributed by atoms with Gasteiger partial charge in [0.2, 0.25) is 0 Å². The molecule has 5 heteroatoms. The Hall–Kier alpha value is -0.580. The van der Waals surface area contributed by atoms with Crippen LogP contribution in [-0.4, -0.2) is 33.0 Å². The summed E-state index contributed by atoms with van der Waals surface area (Å²) in [7, 11) is -2.84. The van der Waals surface area contributed by atoms with Crippen LogP contribution in [0.1, 0.15) is 24.8 Å².